The first-order valence-corrected chi connectivity index (χ1v) is 5.43. The molecule has 1 aromatic rings. The van der Waals surface area contributed by atoms with Crippen LogP contribution in [0.5, 0.6) is 0 Å². The maximum absolute atomic E-state index is 10.9. The van der Waals surface area contributed by atoms with E-state index in [9.17, 15) is 8.42 Å². The summed E-state index contributed by atoms with van der Waals surface area (Å²) in [5.41, 5.74) is 0.644. The van der Waals surface area contributed by atoms with Crippen LogP contribution in [0.15, 0.2) is 29.2 Å². The summed E-state index contributed by atoms with van der Waals surface area (Å²) in [6.45, 7) is 3.76. The van der Waals surface area contributed by atoms with Gasteiger partial charge in [-0.1, -0.05) is 32.0 Å². The second-order valence-electron chi connectivity index (χ2n) is 3.17. The van der Waals surface area contributed by atoms with Crippen molar-refractivity contribution in [2.45, 2.75) is 24.7 Å². The van der Waals surface area contributed by atoms with Crippen molar-refractivity contribution in [2.24, 2.45) is 0 Å². The largest absolute Gasteiger partial charge is 0.294 e. The van der Waals surface area contributed by atoms with E-state index in [0.717, 1.165) is 0 Å². The van der Waals surface area contributed by atoms with E-state index in [1.54, 1.807) is 18.2 Å². The second kappa shape index (κ2) is 5.01. The van der Waals surface area contributed by atoms with Crippen LogP contribution in [0.2, 0.25) is 0 Å². The van der Waals surface area contributed by atoms with Gasteiger partial charge < -0.3 is 0 Å². The molecule has 0 atom stereocenters. The number of hydrogen-bond donors (Lipinski definition) is 1. The Bertz CT molecular complexity index is 398. The Hall–Kier alpha value is -0.247. The quantitative estimate of drug-likeness (QED) is 0.658. The third-order valence-electron chi connectivity index (χ3n) is 1.82. The molecule has 0 saturated carbocycles. The molecule has 0 amide bonds. The van der Waals surface area contributed by atoms with Crippen molar-refractivity contribution < 1.29 is 32.4 Å². The molecule has 0 spiro atoms. The Labute approximate surface area is 97.0 Å². The van der Waals surface area contributed by atoms with E-state index in [2.05, 4.69) is 0 Å². The van der Waals surface area contributed by atoms with Crippen LogP contribution in [-0.2, 0) is 29.6 Å². The van der Waals surface area contributed by atoms with Crippen molar-refractivity contribution in [2.75, 3.05) is 0 Å². The van der Waals surface area contributed by atoms with Gasteiger partial charge in [0.2, 0.25) is 0 Å². The van der Waals surface area contributed by atoms with Gasteiger partial charge in [-0.15, -0.1) is 0 Å². The van der Waals surface area contributed by atoms with Crippen molar-refractivity contribution in [1.29, 1.82) is 0 Å². The maximum atomic E-state index is 10.9. The minimum absolute atomic E-state index is 0. The van der Waals surface area contributed by atoms with Gasteiger partial charge in [0.05, 0.1) is 4.90 Å². The van der Waals surface area contributed by atoms with Crippen molar-refractivity contribution in [3.8, 4) is 0 Å². The van der Waals surface area contributed by atoms with Crippen LogP contribution in [0.3, 0.4) is 0 Å². The smallest absolute Gasteiger partial charge is 0.282 e. The van der Waals surface area contributed by atoms with E-state index in [1.807, 2.05) is 13.8 Å². The monoisotopic (exact) mass is 264 g/mol. The summed E-state index contributed by atoms with van der Waals surface area (Å²) in [5, 5.41) is 0. The molecule has 0 aliphatic rings. The van der Waals surface area contributed by atoms with Gasteiger partial charge in [0.1, 0.15) is 0 Å². The van der Waals surface area contributed by atoms with Gasteiger partial charge in [0, 0.05) is 19.5 Å². The number of hydrogen-bond acceptors (Lipinski definition) is 2. The average Bonchev–Trinajstić information content (AvgIpc) is 2.03. The van der Waals surface area contributed by atoms with Crippen molar-refractivity contribution >= 4 is 10.1 Å². The molecule has 14 heavy (non-hydrogen) atoms. The zero-order chi connectivity index (χ0) is 10.1. The average molecular weight is 266 g/mol. The summed E-state index contributed by atoms with van der Waals surface area (Å²) < 4.78 is 30.7. The zero-order valence-electron chi connectivity index (χ0n) is 8.27. The van der Waals surface area contributed by atoms with Crippen LogP contribution in [0, 0.1) is 0 Å². The molecule has 0 aromatic heterocycles. The van der Waals surface area contributed by atoms with Crippen LogP contribution < -0.4 is 0 Å². The Morgan fingerprint density at radius 3 is 2.07 bits per heavy atom. The molecule has 0 aliphatic carbocycles. The Morgan fingerprint density at radius 1 is 1.21 bits per heavy atom. The normalized spacial score (nSPS) is 11.1. The summed E-state index contributed by atoms with van der Waals surface area (Å²) in [5.74, 6) is 0.0816. The molecule has 74 valence electrons. The molecule has 0 saturated heterocycles. The van der Waals surface area contributed by atoms with Gasteiger partial charge in [-0.05, 0) is 17.5 Å². The summed E-state index contributed by atoms with van der Waals surface area (Å²) >= 11 is 0. The van der Waals surface area contributed by atoms with Crippen LogP contribution >= 0.6 is 0 Å². The molecule has 1 N–H and O–H groups in total. The molecule has 3 nitrogen and oxygen atoms in total. The van der Waals surface area contributed by atoms with Gasteiger partial charge >= 0.3 is 0 Å². The standard InChI is InChI=1S/C9H12O3S.Zn/c1-7(2)8-5-3-4-6-9(8)13(10,11)12;/h3-7H,1-2H3,(H,10,11,12);. The maximum Gasteiger partial charge on any atom is 0.294 e. The fourth-order valence-electron chi connectivity index (χ4n) is 1.19. The van der Waals surface area contributed by atoms with E-state index in [1.165, 1.54) is 6.07 Å². The first-order valence-electron chi connectivity index (χ1n) is 3.99. The minimum atomic E-state index is -4.08. The molecule has 0 bridgehead atoms. The predicted octanol–water partition coefficient (Wildman–Crippen LogP) is 2.05. The predicted molar refractivity (Wildman–Crippen MR) is 50.3 cm³/mol. The van der Waals surface area contributed by atoms with E-state index >= 15 is 0 Å². The van der Waals surface area contributed by atoms with Gasteiger partial charge in [-0.25, -0.2) is 0 Å². The van der Waals surface area contributed by atoms with Gasteiger partial charge in [0.25, 0.3) is 10.1 Å². The molecule has 0 fully saturated rings. The first kappa shape index (κ1) is 13.8. The first-order chi connectivity index (χ1) is 5.93. The summed E-state index contributed by atoms with van der Waals surface area (Å²) in [6, 6.07) is 6.46. The number of rotatable bonds is 2. The molecule has 1 rings (SSSR count). The molecule has 1 aromatic carbocycles. The van der Waals surface area contributed by atoms with Gasteiger partial charge in [0.15, 0.2) is 0 Å². The van der Waals surface area contributed by atoms with Crippen LogP contribution in [0.25, 0.3) is 0 Å². The van der Waals surface area contributed by atoms with E-state index in [-0.39, 0.29) is 30.3 Å². The van der Waals surface area contributed by atoms with E-state index in [0.29, 0.717) is 5.56 Å². The molecule has 5 heteroatoms. The molecular formula is C9H12O3SZn. The summed E-state index contributed by atoms with van der Waals surface area (Å²) in [7, 11) is -4.08. The molecule has 0 radical (unpaired) electrons. The van der Waals surface area contributed by atoms with Crippen molar-refractivity contribution in [1.82, 2.24) is 0 Å². The Morgan fingerprint density at radius 2 is 1.71 bits per heavy atom. The summed E-state index contributed by atoms with van der Waals surface area (Å²) in [6.07, 6.45) is 0. The third kappa shape index (κ3) is 3.16. The molecule has 0 unspecified atom stereocenters. The second-order valence-corrected chi connectivity index (χ2v) is 4.56. The van der Waals surface area contributed by atoms with Gasteiger partial charge in [-0.3, -0.25) is 4.55 Å². The van der Waals surface area contributed by atoms with Crippen molar-refractivity contribution in [3.05, 3.63) is 29.8 Å². The fraction of sp³-hybridized carbons (Fsp3) is 0.333. The summed E-state index contributed by atoms with van der Waals surface area (Å²) in [4.78, 5) is 0.00463. The van der Waals surface area contributed by atoms with Crippen LogP contribution in [-0.4, -0.2) is 13.0 Å². The Balaban J connectivity index is 0.00000169. The zero-order valence-corrected chi connectivity index (χ0v) is 12.0. The SMILES string of the molecule is CC(C)c1ccccc1S(=O)(=O)O.[Zn]. The van der Waals surface area contributed by atoms with Crippen molar-refractivity contribution in [3.63, 3.8) is 0 Å². The minimum Gasteiger partial charge on any atom is -0.282 e. The van der Waals surface area contributed by atoms with Crippen LogP contribution in [0.4, 0.5) is 0 Å². The number of benzene rings is 1. The Kier molecular flexibility index (Phi) is 4.92. The van der Waals surface area contributed by atoms with E-state index in [4.69, 9.17) is 4.55 Å². The molecule has 0 aliphatic heterocycles. The molecule has 0 heterocycles. The topological polar surface area (TPSA) is 54.4 Å². The molecular weight excluding hydrogens is 254 g/mol. The van der Waals surface area contributed by atoms with E-state index < -0.39 is 10.1 Å². The fourth-order valence-corrected chi connectivity index (χ4v) is 2.04. The van der Waals surface area contributed by atoms with Crippen LogP contribution in [0.1, 0.15) is 25.3 Å². The third-order valence-corrected chi connectivity index (χ3v) is 2.75. The van der Waals surface area contributed by atoms with Gasteiger partial charge in [-0.2, -0.15) is 8.42 Å².